The number of piperidine rings is 1. The summed E-state index contributed by atoms with van der Waals surface area (Å²) in [6.45, 7) is 9.42. The standard InChI is InChI=1S/C14H30N4O.HI/c1-4-7-18-8-5-13(6-9-18)10-16-14(15)17-12(2)11-19-3;/h12-13H,4-11H2,1-3H3,(H3,15,16,17);1H. The highest BCUT2D eigenvalue weighted by Gasteiger charge is 2.18. The summed E-state index contributed by atoms with van der Waals surface area (Å²) in [4.78, 5) is 6.99. The number of ether oxygens (including phenoxy) is 1. The summed E-state index contributed by atoms with van der Waals surface area (Å²) in [7, 11) is 1.69. The molecule has 20 heavy (non-hydrogen) atoms. The average molecular weight is 398 g/mol. The lowest BCUT2D eigenvalue weighted by molar-refractivity contribution is 0.179. The first-order valence-electron chi connectivity index (χ1n) is 7.43. The highest BCUT2D eigenvalue weighted by atomic mass is 127. The Kier molecular flexibility index (Phi) is 11.5. The van der Waals surface area contributed by atoms with Crippen molar-refractivity contribution in [2.75, 3.05) is 39.9 Å². The maximum absolute atomic E-state index is 5.87. The Hall–Kier alpha value is -0.0800. The van der Waals surface area contributed by atoms with Crippen LogP contribution >= 0.6 is 24.0 Å². The monoisotopic (exact) mass is 398 g/mol. The average Bonchev–Trinajstić information content (AvgIpc) is 2.38. The van der Waals surface area contributed by atoms with Crippen LogP contribution in [0.2, 0.25) is 0 Å². The Morgan fingerprint density at radius 2 is 2.10 bits per heavy atom. The van der Waals surface area contributed by atoms with E-state index in [0.717, 1.165) is 6.54 Å². The van der Waals surface area contributed by atoms with E-state index in [-0.39, 0.29) is 30.0 Å². The van der Waals surface area contributed by atoms with Crippen LogP contribution < -0.4 is 11.1 Å². The van der Waals surface area contributed by atoms with E-state index < -0.39 is 0 Å². The van der Waals surface area contributed by atoms with Crippen LogP contribution in [0.1, 0.15) is 33.1 Å². The summed E-state index contributed by atoms with van der Waals surface area (Å²) in [5.74, 6) is 1.23. The summed E-state index contributed by atoms with van der Waals surface area (Å²) in [6, 6.07) is 0.208. The maximum Gasteiger partial charge on any atom is 0.188 e. The van der Waals surface area contributed by atoms with Crippen molar-refractivity contribution in [2.24, 2.45) is 16.6 Å². The lowest BCUT2D eigenvalue weighted by Gasteiger charge is -2.30. The molecule has 6 heteroatoms. The fourth-order valence-electron chi connectivity index (χ4n) is 2.53. The molecule has 0 aromatic rings. The van der Waals surface area contributed by atoms with Crippen molar-refractivity contribution >= 4 is 29.9 Å². The lowest BCUT2D eigenvalue weighted by Crippen LogP contribution is -2.41. The summed E-state index contributed by atoms with van der Waals surface area (Å²) in [6.07, 6.45) is 3.73. The largest absolute Gasteiger partial charge is 0.383 e. The van der Waals surface area contributed by atoms with E-state index in [1.165, 1.54) is 38.9 Å². The van der Waals surface area contributed by atoms with Crippen LogP contribution in [0.5, 0.6) is 0 Å². The Labute approximate surface area is 140 Å². The van der Waals surface area contributed by atoms with Crippen LogP contribution in [0.15, 0.2) is 4.99 Å². The third-order valence-electron chi connectivity index (χ3n) is 3.58. The molecule has 1 rings (SSSR count). The number of nitrogens with zero attached hydrogens (tertiary/aromatic N) is 2. The summed E-state index contributed by atoms with van der Waals surface area (Å²) in [5.41, 5.74) is 5.87. The molecule has 1 atom stereocenters. The SMILES string of the molecule is CCCN1CCC(CN=C(N)NC(C)COC)CC1.I. The van der Waals surface area contributed by atoms with Gasteiger partial charge in [0.25, 0.3) is 0 Å². The summed E-state index contributed by atoms with van der Waals surface area (Å²) < 4.78 is 5.06. The fourth-order valence-corrected chi connectivity index (χ4v) is 2.53. The van der Waals surface area contributed by atoms with Crippen molar-refractivity contribution in [3.05, 3.63) is 0 Å². The zero-order valence-corrected chi connectivity index (χ0v) is 15.4. The summed E-state index contributed by atoms with van der Waals surface area (Å²) in [5, 5.41) is 3.14. The molecule has 0 spiro atoms. The molecule has 0 aliphatic carbocycles. The van der Waals surface area contributed by atoms with Crippen LogP contribution in [-0.4, -0.2) is 56.8 Å². The molecule has 0 aromatic heterocycles. The summed E-state index contributed by atoms with van der Waals surface area (Å²) >= 11 is 0. The Balaban J connectivity index is 0.00000361. The van der Waals surface area contributed by atoms with Crippen molar-refractivity contribution < 1.29 is 4.74 Å². The minimum absolute atomic E-state index is 0. The van der Waals surface area contributed by atoms with Crippen LogP contribution in [0, 0.1) is 5.92 Å². The number of halogens is 1. The fraction of sp³-hybridized carbons (Fsp3) is 0.929. The van der Waals surface area contributed by atoms with E-state index >= 15 is 0 Å². The normalized spacial score (nSPS) is 19.4. The zero-order chi connectivity index (χ0) is 14.1. The predicted molar refractivity (Wildman–Crippen MR) is 95.8 cm³/mol. The van der Waals surface area contributed by atoms with Crippen LogP contribution in [0.4, 0.5) is 0 Å². The van der Waals surface area contributed by atoms with E-state index in [1.54, 1.807) is 7.11 Å². The van der Waals surface area contributed by atoms with Crippen LogP contribution in [0.25, 0.3) is 0 Å². The van der Waals surface area contributed by atoms with Gasteiger partial charge in [-0.3, -0.25) is 4.99 Å². The molecule has 1 unspecified atom stereocenters. The predicted octanol–water partition coefficient (Wildman–Crippen LogP) is 1.67. The van der Waals surface area contributed by atoms with Gasteiger partial charge in [0.15, 0.2) is 5.96 Å². The molecule has 0 saturated carbocycles. The number of rotatable bonds is 7. The Morgan fingerprint density at radius 3 is 2.65 bits per heavy atom. The van der Waals surface area contributed by atoms with Gasteiger partial charge in [0.05, 0.1) is 6.61 Å². The van der Waals surface area contributed by atoms with Gasteiger partial charge in [-0.2, -0.15) is 0 Å². The van der Waals surface area contributed by atoms with Crippen molar-refractivity contribution in [1.29, 1.82) is 0 Å². The van der Waals surface area contributed by atoms with Gasteiger partial charge in [0.1, 0.15) is 0 Å². The molecular weight excluding hydrogens is 367 g/mol. The van der Waals surface area contributed by atoms with Gasteiger partial charge in [-0.1, -0.05) is 6.92 Å². The minimum Gasteiger partial charge on any atom is -0.383 e. The number of hydrogen-bond donors (Lipinski definition) is 2. The Morgan fingerprint density at radius 1 is 1.45 bits per heavy atom. The van der Waals surface area contributed by atoms with Crippen molar-refractivity contribution in [3.8, 4) is 0 Å². The number of guanidine groups is 1. The number of nitrogens with two attached hydrogens (primary N) is 1. The van der Waals surface area contributed by atoms with E-state index in [4.69, 9.17) is 10.5 Å². The van der Waals surface area contributed by atoms with E-state index in [2.05, 4.69) is 22.1 Å². The van der Waals surface area contributed by atoms with Gasteiger partial charge < -0.3 is 20.7 Å². The molecule has 120 valence electrons. The first kappa shape index (κ1) is 19.9. The van der Waals surface area contributed by atoms with Crippen LogP contribution in [0.3, 0.4) is 0 Å². The molecule has 1 saturated heterocycles. The molecule has 1 aliphatic rings. The van der Waals surface area contributed by atoms with E-state index in [9.17, 15) is 0 Å². The van der Waals surface area contributed by atoms with Gasteiger partial charge in [-0.25, -0.2) is 0 Å². The molecule has 0 aromatic carbocycles. The number of hydrogen-bond acceptors (Lipinski definition) is 3. The molecule has 0 amide bonds. The maximum atomic E-state index is 5.87. The first-order chi connectivity index (χ1) is 9.15. The third-order valence-corrected chi connectivity index (χ3v) is 3.58. The quantitative estimate of drug-likeness (QED) is 0.389. The molecule has 1 heterocycles. The molecule has 1 aliphatic heterocycles. The second kappa shape index (κ2) is 11.6. The number of methoxy groups -OCH3 is 1. The van der Waals surface area contributed by atoms with Crippen molar-refractivity contribution in [2.45, 2.75) is 39.2 Å². The molecule has 3 N–H and O–H groups in total. The van der Waals surface area contributed by atoms with Crippen molar-refractivity contribution in [1.82, 2.24) is 10.2 Å². The molecule has 0 radical (unpaired) electrons. The van der Waals surface area contributed by atoms with Gasteiger partial charge in [-0.05, 0) is 51.7 Å². The number of aliphatic imine (C=N–C) groups is 1. The lowest BCUT2D eigenvalue weighted by atomic mass is 9.97. The van der Waals surface area contributed by atoms with E-state index in [0.29, 0.717) is 18.5 Å². The first-order valence-corrected chi connectivity index (χ1v) is 7.43. The van der Waals surface area contributed by atoms with Crippen molar-refractivity contribution in [3.63, 3.8) is 0 Å². The van der Waals surface area contributed by atoms with Gasteiger partial charge >= 0.3 is 0 Å². The number of likely N-dealkylation sites (tertiary alicyclic amines) is 1. The molecule has 1 fully saturated rings. The topological polar surface area (TPSA) is 62.9 Å². The zero-order valence-electron chi connectivity index (χ0n) is 13.1. The third kappa shape index (κ3) is 8.26. The van der Waals surface area contributed by atoms with Crippen LogP contribution in [-0.2, 0) is 4.74 Å². The van der Waals surface area contributed by atoms with Gasteiger partial charge in [-0.15, -0.1) is 24.0 Å². The van der Waals surface area contributed by atoms with Gasteiger partial charge in [0, 0.05) is 19.7 Å². The number of nitrogens with one attached hydrogen (secondary N) is 1. The van der Waals surface area contributed by atoms with Gasteiger partial charge in [0.2, 0.25) is 0 Å². The smallest absolute Gasteiger partial charge is 0.188 e. The van der Waals surface area contributed by atoms with E-state index in [1.807, 2.05) is 6.92 Å². The molecule has 0 bridgehead atoms. The second-order valence-corrected chi connectivity index (χ2v) is 5.51. The molecular formula is C14H31IN4O. The Bertz CT molecular complexity index is 268. The minimum atomic E-state index is 0. The highest BCUT2D eigenvalue weighted by Crippen LogP contribution is 2.17. The highest BCUT2D eigenvalue weighted by molar-refractivity contribution is 14.0. The molecule has 5 nitrogen and oxygen atoms in total. The second-order valence-electron chi connectivity index (χ2n) is 5.51.